The van der Waals surface area contributed by atoms with Crippen molar-refractivity contribution in [3.05, 3.63) is 42.7 Å². The first kappa shape index (κ1) is 34.6. The van der Waals surface area contributed by atoms with Crippen molar-refractivity contribution in [1.29, 1.82) is 0 Å². The Hall–Kier alpha value is -2.89. The Morgan fingerprint density at radius 3 is 1.44 bits per heavy atom. The molecule has 3 aromatic rings. The van der Waals surface area contributed by atoms with E-state index >= 15 is 0 Å². The van der Waals surface area contributed by atoms with Gasteiger partial charge < -0.3 is 13.9 Å². The number of pyridine rings is 1. The third kappa shape index (κ3) is 14.4. The van der Waals surface area contributed by atoms with Gasteiger partial charge in [-0.1, -0.05) is 129 Å². The summed E-state index contributed by atoms with van der Waals surface area (Å²) in [7, 11) is 0. The van der Waals surface area contributed by atoms with Crippen molar-refractivity contribution in [3.63, 3.8) is 0 Å². The van der Waals surface area contributed by atoms with Crippen LogP contribution < -0.4 is 9.47 Å². The molecular formula is C37H57N3O3. The van der Waals surface area contributed by atoms with E-state index in [0.717, 1.165) is 35.5 Å². The zero-order chi connectivity index (χ0) is 30.2. The van der Waals surface area contributed by atoms with Gasteiger partial charge in [0.15, 0.2) is 11.5 Å². The van der Waals surface area contributed by atoms with Gasteiger partial charge >= 0.3 is 0 Å². The Labute approximate surface area is 261 Å². The van der Waals surface area contributed by atoms with Crippen molar-refractivity contribution < 1.29 is 13.9 Å². The molecule has 0 saturated heterocycles. The number of rotatable bonds is 26. The summed E-state index contributed by atoms with van der Waals surface area (Å²) in [6.07, 6.45) is 29.6. The van der Waals surface area contributed by atoms with Gasteiger partial charge in [0.25, 0.3) is 0 Å². The highest BCUT2D eigenvalue weighted by Gasteiger charge is 2.14. The lowest BCUT2D eigenvalue weighted by atomic mass is 10.1. The highest BCUT2D eigenvalue weighted by atomic mass is 16.5. The number of unbranched alkanes of at least 4 members (excludes halogenated alkanes) is 18. The molecule has 0 spiro atoms. The second-order valence-electron chi connectivity index (χ2n) is 11.9. The molecule has 238 valence electrons. The predicted octanol–water partition coefficient (Wildman–Crippen LogP) is 11.4. The monoisotopic (exact) mass is 591 g/mol. The molecule has 0 bridgehead atoms. The molecule has 0 aliphatic heterocycles. The molecule has 2 heterocycles. The Balaban J connectivity index is 1.46. The lowest BCUT2D eigenvalue weighted by Gasteiger charge is -2.14. The van der Waals surface area contributed by atoms with Crippen molar-refractivity contribution >= 4 is 0 Å². The van der Waals surface area contributed by atoms with Crippen LogP contribution in [-0.4, -0.2) is 28.4 Å². The maximum absolute atomic E-state index is 6.29. The van der Waals surface area contributed by atoms with E-state index in [4.69, 9.17) is 13.9 Å². The number of aromatic nitrogens is 3. The van der Waals surface area contributed by atoms with Gasteiger partial charge in [0.2, 0.25) is 11.8 Å². The van der Waals surface area contributed by atoms with E-state index in [2.05, 4.69) is 29.0 Å². The smallest absolute Gasteiger partial charge is 0.248 e. The summed E-state index contributed by atoms with van der Waals surface area (Å²) in [4.78, 5) is 4.07. The van der Waals surface area contributed by atoms with Crippen molar-refractivity contribution in [1.82, 2.24) is 15.2 Å². The molecule has 0 aliphatic rings. The van der Waals surface area contributed by atoms with Gasteiger partial charge in [-0.3, -0.25) is 4.98 Å². The molecule has 0 radical (unpaired) electrons. The Kier molecular flexibility index (Phi) is 18.2. The topological polar surface area (TPSA) is 70.3 Å². The van der Waals surface area contributed by atoms with E-state index in [0.29, 0.717) is 25.0 Å². The Bertz CT molecular complexity index is 1090. The van der Waals surface area contributed by atoms with Crippen molar-refractivity contribution in [3.8, 4) is 34.4 Å². The minimum Gasteiger partial charge on any atom is -0.490 e. The van der Waals surface area contributed by atoms with Crippen molar-refractivity contribution in [2.75, 3.05) is 13.2 Å². The summed E-state index contributed by atoms with van der Waals surface area (Å²) in [5.74, 6) is 2.49. The molecule has 43 heavy (non-hydrogen) atoms. The summed E-state index contributed by atoms with van der Waals surface area (Å²) < 4.78 is 18.5. The average molecular weight is 592 g/mol. The summed E-state index contributed by atoms with van der Waals surface area (Å²) >= 11 is 0. The zero-order valence-corrected chi connectivity index (χ0v) is 27.2. The van der Waals surface area contributed by atoms with Crippen LogP contribution in [-0.2, 0) is 0 Å². The van der Waals surface area contributed by atoms with Gasteiger partial charge in [-0.05, 0) is 43.2 Å². The Morgan fingerprint density at radius 1 is 0.488 bits per heavy atom. The Morgan fingerprint density at radius 2 is 0.930 bits per heavy atom. The third-order valence-electron chi connectivity index (χ3n) is 8.05. The highest BCUT2D eigenvalue weighted by Crippen LogP contribution is 2.34. The molecule has 0 unspecified atom stereocenters. The fourth-order valence-electron chi connectivity index (χ4n) is 5.37. The van der Waals surface area contributed by atoms with Crippen LogP contribution in [0.3, 0.4) is 0 Å². The first-order chi connectivity index (χ1) is 21.3. The molecular weight excluding hydrogens is 534 g/mol. The first-order valence-corrected chi connectivity index (χ1v) is 17.5. The number of hydrogen-bond donors (Lipinski definition) is 0. The van der Waals surface area contributed by atoms with Crippen LogP contribution in [0.25, 0.3) is 22.9 Å². The SMILES string of the molecule is CCCCCCCCCCCCOc1ccc(-c2nnc(-c3ccncc3)o2)cc1OCCCCCCCCCCCC. The largest absolute Gasteiger partial charge is 0.490 e. The zero-order valence-electron chi connectivity index (χ0n) is 27.2. The van der Waals surface area contributed by atoms with Crippen LogP contribution in [0.1, 0.15) is 142 Å². The van der Waals surface area contributed by atoms with E-state index in [9.17, 15) is 0 Å². The molecule has 0 N–H and O–H groups in total. The summed E-state index contributed by atoms with van der Waals surface area (Å²) in [6, 6.07) is 9.67. The standard InChI is InChI=1S/C37H57N3O3/c1-3-5-7-9-11-13-15-17-19-21-29-41-34-24-23-33(37-40-39-36(43-37)32-25-27-38-28-26-32)31-35(34)42-30-22-20-18-16-14-12-10-8-6-4-2/h23-28,31H,3-22,29-30H2,1-2H3. The first-order valence-electron chi connectivity index (χ1n) is 17.5. The van der Waals surface area contributed by atoms with Crippen molar-refractivity contribution in [2.45, 2.75) is 142 Å². The molecule has 0 atom stereocenters. The third-order valence-corrected chi connectivity index (χ3v) is 8.05. The van der Waals surface area contributed by atoms with Crippen LogP contribution >= 0.6 is 0 Å². The maximum Gasteiger partial charge on any atom is 0.248 e. The number of nitrogens with zero attached hydrogens (tertiary/aromatic N) is 3. The quantitative estimate of drug-likeness (QED) is 0.0865. The van der Waals surface area contributed by atoms with Gasteiger partial charge in [-0.2, -0.15) is 0 Å². The fraction of sp³-hybridized carbons (Fsp3) is 0.649. The molecule has 2 aromatic heterocycles. The number of benzene rings is 1. The molecule has 6 heteroatoms. The maximum atomic E-state index is 6.29. The molecule has 0 aliphatic carbocycles. The minimum absolute atomic E-state index is 0.469. The second-order valence-corrected chi connectivity index (χ2v) is 11.9. The molecule has 1 aromatic carbocycles. The number of hydrogen-bond acceptors (Lipinski definition) is 6. The molecule has 0 fully saturated rings. The molecule has 0 saturated carbocycles. The van der Waals surface area contributed by atoms with Crippen LogP contribution in [0.4, 0.5) is 0 Å². The van der Waals surface area contributed by atoms with Gasteiger partial charge in [-0.25, -0.2) is 0 Å². The van der Waals surface area contributed by atoms with Crippen LogP contribution in [0.5, 0.6) is 11.5 Å². The highest BCUT2D eigenvalue weighted by molar-refractivity contribution is 5.61. The van der Waals surface area contributed by atoms with E-state index in [1.165, 1.54) is 116 Å². The van der Waals surface area contributed by atoms with E-state index in [-0.39, 0.29) is 0 Å². The number of ether oxygens (including phenoxy) is 2. The lowest BCUT2D eigenvalue weighted by Crippen LogP contribution is -2.03. The summed E-state index contributed by atoms with van der Waals surface area (Å²) in [5.41, 5.74) is 1.68. The van der Waals surface area contributed by atoms with Gasteiger partial charge in [0.1, 0.15) is 0 Å². The average Bonchev–Trinajstić information content (AvgIpc) is 3.54. The van der Waals surface area contributed by atoms with Gasteiger partial charge in [0, 0.05) is 23.5 Å². The van der Waals surface area contributed by atoms with E-state index in [1.807, 2.05) is 30.3 Å². The molecule has 0 amide bonds. The van der Waals surface area contributed by atoms with Crippen molar-refractivity contribution in [2.24, 2.45) is 0 Å². The van der Waals surface area contributed by atoms with Crippen LogP contribution in [0.2, 0.25) is 0 Å². The van der Waals surface area contributed by atoms with E-state index in [1.54, 1.807) is 12.4 Å². The van der Waals surface area contributed by atoms with Gasteiger partial charge in [0.05, 0.1) is 13.2 Å². The van der Waals surface area contributed by atoms with Crippen LogP contribution in [0.15, 0.2) is 47.1 Å². The normalized spacial score (nSPS) is 11.2. The minimum atomic E-state index is 0.469. The summed E-state index contributed by atoms with van der Waals surface area (Å²) in [6.45, 7) is 5.94. The fourth-order valence-corrected chi connectivity index (χ4v) is 5.37. The van der Waals surface area contributed by atoms with Crippen LogP contribution in [0, 0.1) is 0 Å². The molecule has 6 nitrogen and oxygen atoms in total. The lowest BCUT2D eigenvalue weighted by molar-refractivity contribution is 0.258. The van der Waals surface area contributed by atoms with E-state index < -0.39 is 0 Å². The summed E-state index contributed by atoms with van der Waals surface area (Å²) in [5, 5.41) is 8.53. The van der Waals surface area contributed by atoms with Gasteiger partial charge in [-0.15, -0.1) is 10.2 Å². The predicted molar refractivity (Wildman–Crippen MR) is 178 cm³/mol. The molecule has 3 rings (SSSR count). The second kappa shape index (κ2) is 22.6.